The Bertz CT molecular complexity index is 1030. The first kappa shape index (κ1) is 17.2. The van der Waals surface area contributed by atoms with Crippen LogP contribution in [0.15, 0.2) is 42.5 Å². The lowest BCUT2D eigenvalue weighted by molar-refractivity contribution is 0.196. The minimum Gasteiger partial charge on any atom is -0.489 e. The Kier molecular flexibility index (Phi) is 4.24. The number of hydrogen-bond acceptors (Lipinski definition) is 4. The number of nitrogens with one attached hydrogen (secondary N) is 1. The van der Waals surface area contributed by atoms with Gasteiger partial charge < -0.3 is 14.5 Å². The number of amides is 2. The average Bonchev–Trinajstić information content (AvgIpc) is 3.17. The number of piperazine rings is 1. The quantitative estimate of drug-likeness (QED) is 0.683. The molecule has 1 aromatic heterocycles. The van der Waals surface area contributed by atoms with E-state index in [-0.39, 0.29) is 6.03 Å². The molecule has 0 aliphatic carbocycles. The summed E-state index contributed by atoms with van der Waals surface area (Å²) in [5.74, 6) is 1.61. The van der Waals surface area contributed by atoms with Gasteiger partial charge in [0, 0.05) is 42.7 Å². The Morgan fingerprint density at radius 3 is 2.75 bits per heavy atom. The molecular formula is C20H20ClN5O2. The number of anilines is 2. The van der Waals surface area contributed by atoms with Crippen LogP contribution in [0.4, 0.5) is 16.3 Å². The molecule has 0 spiro atoms. The average molecular weight is 398 g/mol. The number of aromatic nitrogens is 2. The van der Waals surface area contributed by atoms with Crippen molar-refractivity contribution in [2.45, 2.75) is 0 Å². The zero-order chi connectivity index (χ0) is 19.1. The SMILES string of the molecule is O=C(N1CCN(c2n[nH]c3ccccc23)CC1)N1CCOc2cc(Cl)ccc21. The van der Waals surface area contributed by atoms with E-state index < -0.39 is 0 Å². The van der Waals surface area contributed by atoms with Crippen molar-refractivity contribution >= 4 is 40.0 Å². The number of hydrogen-bond donors (Lipinski definition) is 1. The van der Waals surface area contributed by atoms with Crippen LogP contribution < -0.4 is 14.5 Å². The van der Waals surface area contributed by atoms with Crippen molar-refractivity contribution in [3.05, 3.63) is 47.5 Å². The number of rotatable bonds is 1. The van der Waals surface area contributed by atoms with Gasteiger partial charge >= 0.3 is 6.03 Å². The van der Waals surface area contributed by atoms with Gasteiger partial charge in [0.2, 0.25) is 0 Å². The molecular weight excluding hydrogens is 378 g/mol. The largest absolute Gasteiger partial charge is 0.489 e. The van der Waals surface area contributed by atoms with E-state index in [1.165, 1.54) is 0 Å². The van der Waals surface area contributed by atoms with Crippen LogP contribution >= 0.6 is 11.6 Å². The summed E-state index contributed by atoms with van der Waals surface area (Å²) in [6, 6.07) is 13.5. The monoisotopic (exact) mass is 397 g/mol. The molecule has 8 heteroatoms. The van der Waals surface area contributed by atoms with E-state index >= 15 is 0 Å². The first-order valence-electron chi connectivity index (χ1n) is 9.37. The maximum Gasteiger partial charge on any atom is 0.324 e. The predicted molar refractivity (Wildman–Crippen MR) is 110 cm³/mol. The number of carbonyl (C=O) groups excluding carboxylic acids is 1. The number of H-pyrrole nitrogens is 1. The summed E-state index contributed by atoms with van der Waals surface area (Å²) in [4.78, 5) is 19.0. The highest BCUT2D eigenvalue weighted by Gasteiger charge is 2.30. The Hall–Kier alpha value is -2.93. The van der Waals surface area contributed by atoms with Crippen molar-refractivity contribution in [3.8, 4) is 5.75 Å². The van der Waals surface area contributed by atoms with Crippen molar-refractivity contribution in [1.82, 2.24) is 15.1 Å². The zero-order valence-electron chi connectivity index (χ0n) is 15.3. The van der Waals surface area contributed by atoms with E-state index in [0.717, 1.165) is 35.5 Å². The predicted octanol–water partition coefficient (Wildman–Crippen LogP) is 3.36. The molecule has 2 aliphatic heterocycles. The lowest BCUT2D eigenvalue weighted by Crippen LogP contribution is -2.54. The number of benzene rings is 2. The third-order valence-electron chi connectivity index (χ3n) is 5.32. The van der Waals surface area contributed by atoms with Gasteiger partial charge in [-0.3, -0.25) is 10.00 Å². The van der Waals surface area contributed by atoms with Gasteiger partial charge in [-0.05, 0) is 24.3 Å². The van der Waals surface area contributed by atoms with Crippen LogP contribution in [0, 0.1) is 0 Å². The lowest BCUT2D eigenvalue weighted by atomic mass is 10.2. The number of para-hydroxylation sites is 1. The number of fused-ring (bicyclic) bond motifs is 2. The highest BCUT2D eigenvalue weighted by molar-refractivity contribution is 6.30. The van der Waals surface area contributed by atoms with Crippen LogP contribution in [0.25, 0.3) is 10.9 Å². The summed E-state index contributed by atoms with van der Waals surface area (Å²) < 4.78 is 5.66. The first-order valence-corrected chi connectivity index (χ1v) is 9.75. The standard InChI is InChI=1S/C20H20ClN5O2/c21-14-5-6-17-18(13-14)28-12-11-26(17)20(27)25-9-7-24(8-10-25)19-15-3-1-2-4-16(15)22-23-19/h1-6,13H,7-12H2,(H,22,23). The molecule has 0 atom stereocenters. The second-order valence-electron chi connectivity index (χ2n) is 6.96. The molecule has 1 saturated heterocycles. The maximum absolute atomic E-state index is 13.1. The van der Waals surface area contributed by atoms with E-state index in [4.69, 9.17) is 16.3 Å². The fourth-order valence-electron chi connectivity index (χ4n) is 3.86. The fraction of sp³-hybridized carbons (Fsp3) is 0.300. The van der Waals surface area contributed by atoms with Crippen LogP contribution in [0.5, 0.6) is 5.75 Å². The third kappa shape index (κ3) is 2.92. The number of urea groups is 1. The fourth-order valence-corrected chi connectivity index (χ4v) is 4.02. The van der Waals surface area contributed by atoms with Crippen molar-refractivity contribution in [2.75, 3.05) is 49.1 Å². The Balaban J connectivity index is 1.30. The van der Waals surface area contributed by atoms with Crippen LogP contribution in [-0.4, -0.2) is 60.5 Å². The van der Waals surface area contributed by atoms with E-state index in [2.05, 4.69) is 21.2 Å². The van der Waals surface area contributed by atoms with E-state index in [9.17, 15) is 4.79 Å². The van der Waals surface area contributed by atoms with Gasteiger partial charge in [-0.2, -0.15) is 5.10 Å². The Labute approximate surface area is 167 Å². The Morgan fingerprint density at radius 1 is 1.07 bits per heavy atom. The van der Waals surface area contributed by atoms with Crippen molar-refractivity contribution in [3.63, 3.8) is 0 Å². The highest BCUT2D eigenvalue weighted by atomic mass is 35.5. The van der Waals surface area contributed by atoms with Crippen LogP contribution in [-0.2, 0) is 0 Å². The molecule has 7 nitrogen and oxygen atoms in total. The molecule has 2 aromatic carbocycles. The lowest BCUT2D eigenvalue weighted by Gasteiger charge is -2.39. The smallest absolute Gasteiger partial charge is 0.324 e. The number of nitrogens with zero attached hydrogens (tertiary/aromatic N) is 4. The van der Waals surface area contributed by atoms with Crippen molar-refractivity contribution < 1.29 is 9.53 Å². The highest BCUT2D eigenvalue weighted by Crippen LogP contribution is 2.34. The van der Waals surface area contributed by atoms with Gasteiger partial charge in [-0.25, -0.2) is 4.79 Å². The van der Waals surface area contributed by atoms with Gasteiger partial charge in [-0.1, -0.05) is 23.7 Å². The molecule has 0 radical (unpaired) electrons. The van der Waals surface area contributed by atoms with Crippen LogP contribution in [0.3, 0.4) is 0 Å². The second kappa shape index (κ2) is 6.91. The van der Waals surface area contributed by atoms with Crippen LogP contribution in [0.2, 0.25) is 5.02 Å². The normalized spacial score (nSPS) is 16.8. The number of carbonyl (C=O) groups is 1. The molecule has 2 aliphatic rings. The van der Waals surface area contributed by atoms with Crippen LogP contribution in [0.1, 0.15) is 0 Å². The van der Waals surface area contributed by atoms with Gasteiger partial charge in [0.05, 0.1) is 17.7 Å². The second-order valence-corrected chi connectivity index (χ2v) is 7.40. The number of aromatic amines is 1. The molecule has 3 aromatic rings. The summed E-state index contributed by atoms with van der Waals surface area (Å²) in [5.41, 5.74) is 1.81. The van der Waals surface area contributed by atoms with Gasteiger partial charge in [0.1, 0.15) is 12.4 Å². The number of ether oxygens (including phenoxy) is 1. The number of halogens is 1. The summed E-state index contributed by atoms with van der Waals surface area (Å²) in [7, 11) is 0. The van der Waals surface area contributed by atoms with Gasteiger partial charge in [0.25, 0.3) is 0 Å². The van der Waals surface area contributed by atoms with E-state index in [1.807, 2.05) is 29.2 Å². The molecule has 0 bridgehead atoms. The van der Waals surface area contributed by atoms with Crippen molar-refractivity contribution in [2.24, 2.45) is 0 Å². The van der Waals surface area contributed by atoms with E-state index in [0.29, 0.717) is 37.0 Å². The topological polar surface area (TPSA) is 64.7 Å². The summed E-state index contributed by atoms with van der Waals surface area (Å²) in [6.07, 6.45) is 0. The summed E-state index contributed by atoms with van der Waals surface area (Å²) >= 11 is 6.05. The Morgan fingerprint density at radius 2 is 1.89 bits per heavy atom. The molecule has 0 unspecified atom stereocenters. The molecule has 28 heavy (non-hydrogen) atoms. The molecule has 2 amide bonds. The maximum atomic E-state index is 13.1. The van der Waals surface area contributed by atoms with Gasteiger partial charge in [0.15, 0.2) is 5.82 Å². The summed E-state index contributed by atoms with van der Waals surface area (Å²) in [5, 5.41) is 9.27. The third-order valence-corrected chi connectivity index (χ3v) is 5.55. The first-order chi connectivity index (χ1) is 13.7. The van der Waals surface area contributed by atoms with Gasteiger partial charge in [-0.15, -0.1) is 0 Å². The minimum absolute atomic E-state index is 0.0124. The molecule has 5 rings (SSSR count). The molecule has 1 fully saturated rings. The molecule has 0 saturated carbocycles. The zero-order valence-corrected chi connectivity index (χ0v) is 16.0. The molecule has 144 valence electrons. The minimum atomic E-state index is 0.0124. The summed E-state index contributed by atoms with van der Waals surface area (Å²) in [6.45, 7) is 3.81. The van der Waals surface area contributed by atoms with Crippen molar-refractivity contribution in [1.29, 1.82) is 0 Å². The van der Waals surface area contributed by atoms with E-state index in [1.54, 1.807) is 17.0 Å². The molecule has 3 heterocycles. The molecule has 1 N–H and O–H groups in total.